The number of halogens is 3. The van der Waals surface area contributed by atoms with Gasteiger partial charge in [-0.1, -0.05) is 12.1 Å². The molecular weight excluding hydrogens is 257 g/mol. The Kier molecular flexibility index (Phi) is 4.81. The lowest BCUT2D eigenvalue weighted by Crippen LogP contribution is -2.43. The van der Waals surface area contributed by atoms with Crippen LogP contribution in [0, 0.1) is 0 Å². The molecule has 0 aliphatic rings. The minimum absolute atomic E-state index is 0.203. The van der Waals surface area contributed by atoms with Crippen LogP contribution in [0.3, 0.4) is 0 Å². The molecule has 19 heavy (non-hydrogen) atoms. The molecule has 0 unspecified atom stereocenters. The van der Waals surface area contributed by atoms with Crippen molar-refractivity contribution in [2.75, 3.05) is 13.6 Å². The van der Waals surface area contributed by atoms with Crippen molar-refractivity contribution in [3.05, 3.63) is 29.8 Å². The lowest BCUT2D eigenvalue weighted by Gasteiger charge is -2.26. The predicted octanol–water partition coefficient (Wildman–Crippen LogP) is 2.75. The van der Waals surface area contributed by atoms with E-state index in [2.05, 4.69) is 4.74 Å². The van der Waals surface area contributed by atoms with Gasteiger partial charge in [0.05, 0.1) is 0 Å². The number of benzene rings is 1. The second kappa shape index (κ2) is 5.79. The van der Waals surface area contributed by atoms with Crippen LogP contribution in [-0.4, -0.2) is 30.4 Å². The number of nitrogens with zero attached hydrogens (tertiary/aromatic N) is 1. The fourth-order valence-corrected chi connectivity index (χ4v) is 1.90. The number of ether oxygens (including phenoxy) is 1. The molecule has 0 aromatic heterocycles. The minimum Gasteiger partial charge on any atom is -0.406 e. The molecular formula is C13H19F3N2O. The highest BCUT2D eigenvalue weighted by molar-refractivity contribution is 5.28. The van der Waals surface area contributed by atoms with Crippen molar-refractivity contribution in [2.24, 2.45) is 5.73 Å². The molecule has 0 atom stereocenters. The Bertz CT molecular complexity index is 413. The van der Waals surface area contributed by atoms with Crippen LogP contribution in [-0.2, 0) is 6.54 Å². The summed E-state index contributed by atoms with van der Waals surface area (Å²) in [5, 5.41) is 0. The fraction of sp³-hybridized carbons (Fsp3) is 0.538. The minimum atomic E-state index is -4.66. The molecule has 0 saturated carbocycles. The van der Waals surface area contributed by atoms with Gasteiger partial charge in [0.15, 0.2) is 0 Å². The number of hydrogen-bond donors (Lipinski definition) is 1. The zero-order chi connectivity index (χ0) is 14.7. The molecule has 0 saturated heterocycles. The van der Waals surface area contributed by atoms with Crippen LogP contribution in [0.1, 0.15) is 19.4 Å². The van der Waals surface area contributed by atoms with E-state index in [1.165, 1.54) is 18.2 Å². The summed E-state index contributed by atoms with van der Waals surface area (Å²) in [6, 6.07) is 5.96. The second-order valence-corrected chi connectivity index (χ2v) is 5.36. The number of hydrogen-bond acceptors (Lipinski definition) is 3. The van der Waals surface area contributed by atoms with Crippen LogP contribution in [0.2, 0.25) is 0 Å². The number of alkyl halides is 3. The van der Waals surface area contributed by atoms with Crippen LogP contribution >= 0.6 is 0 Å². The Morgan fingerprint density at radius 3 is 2.42 bits per heavy atom. The van der Waals surface area contributed by atoms with E-state index in [4.69, 9.17) is 5.73 Å². The van der Waals surface area contributed by atoms with Crippen LogP contribution in [0.5, 0.6) is 5.75 Å². The normalized spacial score (nSPS) is 12.8. The highest BCUT2D eigenvalue weighted by atomic mass is 19.4. The van der Waals surface area contributed by atoms with Gasteiger partial charge in [-0.05, 0) is 38.6 Å². The van der Waals surface area contributed by atoms with Gasteiger partial charge in [0.25, 0.3) is 0 Å². The first-order valence-electron chi connectivity index (χ1n) is 5.87. The summed E-state index contributed by atoms with van der Waals surface area (Å²) in [7, 11) is 1.87. The summed E-state index contributed by atoms with van der Waals surface area (Å²) in [4.78, 5) is 1.95. The first-order chi connectivity index (χ1) is 8.55. The van der Waals surface area contributed by atoms with E-state index in [0.29, 0.717) is 13.1 Å². The Morgan fingerprint density at radius 1 is 1.26 bits per heavy atom. The van der Waals surface area contributed by atoms with Gasteiger partial charge in [0, 0.05) is 18.6 Å². The maximum absolute atomic E-state index is 12.1. The first kappa shape index (κ1) is 15.8. The monoisotopic (exact) mass is 276 g/mol. The number of likely N-dealkylation sites (N-methyl/N-ethyl adjacent to an activating group) is 1. The molecule has 0 aliphatic heterocycles. The smallest absolute Gasteiger partial charge is 0.406 e. The SMILES string of the molecule is CN(Cc1cccc(OC(F)(F)F)c1)CC(C)(C)N. The maximum Gasteiger partial charge on any atom is 0.573 e. The molecule has 0 bridgehead atoms. The van der Waals surface area contributed by atoms with E-state index in [0.717, 1.165) is 5.56 Å². The van der Waals surface area contributed by atoms with E-state index >= 15 is 0 Å². The molecule has 2 N–H and O–H groups in total. The Labute approximate surface area is 111 Å². The number of rotatable bonds is 5. The van der Waals surface area contributed by atoms with Gasteiger partial charge in [-0.3, -0.25) is 0 Å². The molecule has 1 aromatic rings. The molecule has 0 amide bonds. The number of nitrogens with two attached hydrogens (primary N) is 1. The largest absolute Gasteiger partial charge is 0.573 e. The third kappa shape index (κ3) is 7.03. The van der Waals surface area contributed by atoms with Gasteiger partial charge >= 0.3 is 6.36 Å². The topological polar surface area (TPSA) is 38.5 Å². The van der Waals surface area contributed by atoms with Gasteiger partial charge in [0.2, 0.25) is 0 Å². The van der Waals surface area contributed by atoms with E-state index in [1.807, 2.05) is 25.8 Å². The Hall–Kier alpha value is -1.27. The van der Waals surface area contributed by atoms with Gasteiger partial charge < -0.3 is 15.4 Å². The van der Waals surface area contributed by atoms with Crippen molar-refractivity contribution in [1.82, 2.24) is 4.90 Å². The third-order valence-corrected chi connectivity index (χ3v) is 2.26. The van der Waals surface area contributed by atoms with E-state index in [1.54, 1.807) is 6.07 Å². The molecule has 0 spiro atoms. The summed E-state index contributed by atoms with van der Waals surface area (Å²) in [5.74, 6) is -0.203. The van der Waals surface area contributed by atoms with E-state index < -0.39 is 6.36 Å². The lowest BCUT2D eigenvalue weighted by atomic mass is 10.1. The summed E-state index contributed by atoms with van der Waals surface area (Å²) in [5.41, 5.74) is 6.28. The highest BCUT2D eigenvalue weighted by Crippen LogP contribution is 2.23. The van der Waals surface area contributed by atoms with Crippen molar-refractivity contribution < 1.29 is 17.9 Å². The van der Waals surface area contributed by atoms with Crippen molar-refractivity contribution >= 4 is 0 Å². The summed E-state index contributed by atoms with van der Waals surface area (Å²) >= 11 is 0. The molecule has 0 fully saturated rings. The average Bonchev–Trinajstić information content (AvgIpc) is 2.11. The van der Waals surface area contributed by atoms with Gasteiger partial charge in [-0.25, -0.2) is 0 Å². The molecule has 0 heterocycles. The summed E-state index contributed by atoms with van der Waals surface area (Å²) in [6.45, 7) is 4.94. The standard InChI is InChI=1S/C13H19F3N2O/c1-12(2,17)9-18(3)8-10-5-4-6-11(7-10)19-13(14,15)16/h4-7H,8-9,17H2,1-3H3. The Balaban J connectivity index is 2.67. The van der Waals surface area contributed by atoms with E-state index in [9.17, 15) is 13.2 Å². The van der Waals surface area contributed by atoms with Gasteiger partial charge in [-0.2, -0.15) is 0 Å². The third-order valence-electron chi connectivity index (χ3n) is 2.26. The molecule has 3 nitrogen and oxygen atoms in total. The van der Waals surface area contributed by atoms with Crippen molar-refractivity contribution in [3.63, 3.8) is 0 Å². The van der Waals surface area contributed by atoms with E-state index in [-0.39, 0.29) is 11.3 Å². The zero-order valence-electron chi connectivity index (χ0n) is 11.3. The average molecular weight is 276 g/mol. The van der Waals surface area contributed by atoms with Crippen LogP contribution in [0.4, 0.5) is 13.2 Å². The van der Waals surface area contributed by atoms with Crippen molar-refractivity contribution in [2.45, 2.75) is 32.3 Å². The highest BCUT2D eigenvalue weighted by Gasteiger charge is 2.31. The quantitative estimate of drug-likeness (QED) is 0.898. The maximum atomic E-state index is 12.1. The molecule has 108 valence electrons. The van der Waals surface area contributed by atoms with Crippen LogP contribution < -0.4 is 10.5 Å². The first-order valence-corrected chi connectivity index (χ1v) is 5.87. The Morgan fingerprint density at radius 2 is 1.89 bits per heavy atom. The van der Waals surface area contributed by atoms with Gasteiger partial charge in [0.1, 0.15) is 5.75 Å². The molecule has 0 aliphatic carbocycles. The van der Waals surface area contributed by atoms with Crippen LogP contribution in [0.15, 0.2) is 24.3 Å². The second-order valence-electron chi connectivity index (χ2n) is 5.36. The fourth-order valence-electron chi connectivity index (χ4n) is 1.90. The molecule has 0 radical (unpaired) electrons. The zero-order valence-corrected chi connectivity index (χ0v) is 11.3. The van der Waals surface area contributed by atoms with Crippen molar-refractivity contribution in [1.29, 1.82) is 0 Å². The lowest BCUT2D eigenvalue weighted by molar-refractivity contribution is -0.274. The molecule has 6 heteroatoms. The van der Waals surface area contributed by atoms with Gasteiger partial charge in [-0.15, -0.1) is 13.2 Å². The predicted molar refractivity (Wildman–Crippen MR) is 67.7 cm³/mol. The van der Waals surface area contributed by atoms with Crippen LogP contribution in [0.25, 0.3) is 0 Å². The summed E-state index contributed by atoms with van der Waals surface area (Å²) in [6.07, 6.45) is -4.66. The van der Waals surface area contributed by atoms with Crippen molar-refractivity contribution in [3.8, 4) is 5.75 Å². The summed E-state index contributed by atoms with van der Waals surface area (Å²) < 4.78 is 40.2. The molecule has 1 rings (SSSR count). The molecule has 1 aromatic carbocycles.